The van der Waals surface area contributed by atoms with E-state index in [1.54, 1.807) is 0 Å². The lowest BCUT2D eigenvalue weighted by atomic mass is 9.73. The first-order valence-electron chi connectivity index (χ1n) is 3.96. The molecule has 0 aromatic rings. The quantitative estimate of drug-likeness (QED) is 0.589. The van der Waals surface area contributed by atoms with Crippen LogP contribution in [-0.2, 0) is 0 Å². The van der Waals surface area contributed by atoms with Crippen molar-refractivity contribution >= 4 is 12.4 Å². The Morgan fingerprint density at radius 3 is 2.27 bits per heavy atom. The molecule has 0 aromatic carbocycles. The molecule has 1 fully saturated rings. The Labute approximate surface area is 74.6 Å². The van der Waals surface area contributed by atoms with Gasteiger partial charge in [0.1, 0.15) is 0 Å². The molecule has 1 rings (SSSR count). The molecule has 2 atom stereocenters. The summed E-state index contributed by atoms with van der Waals surface area (Å²) in [7, 11) is 0. The maximum absolute atomic E-state index is 9.50. The molecule has 1 aliphatic rings. The highest BCUT2D eigenvalue weighted by molar-refractivity contribution is 5.85. The maximum atomic E-state index is 9.50. The van der Waals surface area contributed by atoms with Crippen molar-refractivity contribution in [3.05, 3.63) is 0 Å². The molecule has 0 radical (unpaired) electrons. The number of rotatable bonds is 0. The van der Waals surface area contributed by atoms with Crippen molar-refractivity contribution in [1.29, 1.82) is 0 Å². The fourth-order valence-electron chi connectivity index (χ4n) is 1.68. The highest BCUT2D eigenvalue weighted by Crippen LogP contribution is 2.34. The summed E-state index contributed by atoms with van der Waals surface area (Å²) in [5.41, 5.74) is 5.80. The second kappa shape index (κ2) is 3.74. The van der Waals surface area contributed by atoms with Crippen LogP contribution in [-0.4, -0.2) is 17.3 Å². The molecule has 0 aromatic heterocycles. The standard InChI is InChI=1S/C8H17NO.ClH/c1-8(2)5-6(9)3-4-7(8)10;/h6-7,10H,3-5,9H2,1-2H3;1H. The zero-order valence-electron chi connectivity index (χ0n) is 7.21. The zero-order chi connectivity index (χ0) is 7.78. The van der Waals surface area contributed by atoms with Crippen LogP contribution in [0, 0.1) is 5.41 Å². The van der Waals surface area contributed by atoms with Crippen LogP contribution in [0.5, 0.6) is 0 Å². The van der Waals surface area contributed by atoms with E-state index in [0.717, 1.165) is 19.3 Å². The minimum atomic E-state index is -0.146. The van der Waals surface area contributed by atoms with E-state index < -0.39 is 0 Å². The molecule has 0 bridgehead atoms. The molecule has 0 saturated heterocycles. The normalized spacial score (nSPS) is 36.0. The summed E-state index contributed by atoms with van der Waals surface area (Å²) in [6, 6.07) is 0.304. The third kappa shape index (κ3) is 2.62. The molecule has 68 valence electrons. The van der Waals surface area contributed by atoms with Gasteiger partial charge >= 0.3 is 0 Å². The monoisotopic (exact) mass is 179 g/mol. The van der Waals surface area contributed by atoms with Crippen molar-refractivity contribution in [2.75, 3.05) is 0 Å². The summed E-state index contributed by atoms with van der Waals surface area (Å²) in [5.74, 6) is 0. The van der Waals surface area contributed by atoms with Gasteiger partial charge < -0.3 is 10.8 Å². The largest absolute Gasteiger partial charge is 0.393 e. The van der Waals surface area contributed by atoms with Gasteiger partial charge in [0.25, 0.3) is 0 Å². The number of hydrogen-bond donors (Lipinski definition) is 2. The molecule has 1 aliphatic carbocycles. The summed E-state index contributed by atoms with van der Waals surface area (Å²) >= 11 is 0. The Morgan fingerprint density at radius 2 is 1.91 bits per heavy atom. The van der Waals surface area contributed by atoms with Gasteiger partial charge in [-0.05, 0) is 24.7 Å². The smallest absolute Gasteiger partial charge is 0.0592 e. The molecule has 0 aliphatic heterocycles. The number of aliphatic hydroxyl groups is 1. The summed E-state index contributed by atoms with van der Waals surface area (Å²) < 4.78 is 0. The van der Waals surface area contributed by atoms with E-state index in [0.29, 0.717) is 6.04 Å². The SMILES string of the molecule is CC1(C)CC(N)CCC1O.Cl. The van der Waals surface area contributed by atoms with Gasteiger partial charge in [-0.1, -0.05) is 13.8 Å². The first kappa shape index (κ1) is 11.2. The fraction of sp³-hybridized carbons (Fsp3) is 1.00. The topological polar surface area (TPSA) is 46.2 Å². The summed E-state index contributed by atoms with van der Waals surface area (Å²) in [4.78, 5) is 0. The third-order valence-corrected chi connectivity index (χ3v) is 2.50. The molecule has 3 heteroatoms. The molecule has 1 saturated carbocycles. The Bertz CT molecular complexity index is 127. The molecule has 3 N–H and O–H groups in total. The van der Waals surface area contributed by atoms with E-state index >= 15 is 0 Å². The molecule has 0 spiro atoms. The average molecular weight is 180 g/mol. The molecule has 11 heavy (non-hydrogen) atoms. The van der Waals surface area contributed by atoms with Gasteiger partial charge in [-0.3, -0.25) is 0 Å². The van der Waals surface area contributed by atoms with E-state index in [1.165, 1.54) is 0 Å². The summed E-state index contributed by atoms with van der Waals surface area (Å²) in [6.07, 6.45) is 2.65. The second-order valence-electron chi connectivity index (χ2n) is 4.05. The van der Waals surface area contributed by atoms with Crippen molar-refractivity contribution < 1.29 is 5.11 Å². The Balaban J connectivity index is 0.000001000. The maximum Gasteiger partial charge on any atom is 0.0592 e. The second-order valence-corrected chi connectivity index (χ2v) is 4.05. The predicted octanol–water partition coefficient (Wildman–Crippen LogP) is 1.31. The van der Waals surface area contributed by atoms with Crippen LogP contribution in [0.15, 0.2) is 0 Å². The van der Waals surface area contributed by atoms with Crippen LogP contribution in [0.3, 0.4) is 0 Å². The van der Waals surface area contributed by atoms with Crippen molar-refractivity contribution in [2.45, 2.75) is 45.3 Å². The number of halogens is 1. The van der Waals surface area contributed by atoms with Crippen LogP contribution >= 0.6 is 12.4 Å². The zero-order valence-corrected chi connectivity index (χ0v) is 8.03. The van der Waals surface area contributed by atoms with Gasteiger partial charge in [-0.15, -0.1) is 12.4 Å². The summed E-state index contributed by atoms with van der Waals surface area (Å²) in [5, 5.41) is 9.50. The first-order valence-corrected chi connectivity index (χ1v) is 3.96. The number of hydrogen-bond acceptors (Lipinski definition) is 2. The third-order valence-electron chi connectivity index (χ3n) is 2.50. The molecule has 0 amide bonds. The van der Waals surface area contributed by atoms with Crippen LogP contribution in [0.2, 0.25) is 0 Å². The van der Waals surface area contributed by atoms with Crippen LogP contribution < -0.4 is 5.73 Å². The highest BCUT2D eigenvalue weighted by Gasteiger charge is 2.33. The lowest BCUT2D eigenvalue weighted by Gasteiger charge is -2.38. The van der Waals surface area contributed by atoms with Gasteiger partial charge in [0.15, 0.2) is 0 Å². The van der Waals surface area contributed by atoms with E-state index in [-0.39, 0.29) is 23.9 Å². The van der Waals surface area contributed by atoms with Crippen molar-refractivity contribution in [3.8, 4) is 0 Å². The highest BCUT2D eigenvalue weighted by atomic mass is 35.5. The average Bonchev–Trinajstić information content (AvgIpc) is 1.78. The van der Waals surface area contributed by atoms with Crippen LogP contribution in [0.1, 0.15) is 33.1 Å². The molecule has 2 nitrogen and oxygen atoms in total. The first-order chi connectivity index (χ1) is 4.52. The lowest BCUT2D eigenvalue weighted by molar-refractivity contribution is 0.00674. The minimum Gasteiger partial charge on any atom is -0.393 e. The van der Waals surface area contributed by atoms with Gasteiger partial charge in [0, 0.05) is 6.04 Å². The van der Waals surface area contributed by atoms with Crippen molar-refractivity contribution in [1.82, 2.24) is 0 Å². The van der Waals surface area contributed by atoms with E-state index in [1.807, 2.05) is 0 Å². The number of aliphatic hydroxyl groups excluding tert-OH is 1. The predicted molar refractivity (Wildman–Crippen MR) is 48.9 cm³/mol. The van der Waals surface area contributed by atoms with Crippen LogP contribution in [0.25, 0.3) is 0 Å². The Hall–Kier alpha value is 0.210. The molecular weight excluding hydrogens is 162 g/mol. The molecular formula is C8H18ClNO. The summed E-state index contributed by atoms with van der Waals surface area (Å²) in [6.45, 7) is 4.16. The Morgan fingerprint density at radius 1 is 1.36 bits per heavy atom. The molecule has 0 heterocycles. The van der Waals surface area contributed by atoms with Gasteiger partial charge in [0.2, 0.25) is 0 Å². The van der Waals surface area contributed by atoms with Crippen molar-refractivity contribution in [2.24, 2.45) is 11.1 Å². The number of nitrogens with two attached hydrogens (primary N) is 1. The van der Waals surface area contributed by atoms with E-state index in [4.69, 9.17) is 5.73 Å². The van der Waals surface area contributed by atoms with Crippen LogP contribution in [0.4, 0.5) is 0 Å². The van der Waals surface area contributed by atoms with Gasteiger partial charge in [-0.2, -0.15) is 0 Å². The minimum absolute atomic E-state index is 0. The fourth-order valence-corrected chi connectivity index (χ4v) is 1.68. The van der Waals surface area contributed by atoms with Gasteiger partial charge in [0.05, 0.1) is 6.10 Å². The van der Waals surface area contributed by atoms with Gasteiger partial charge in [-0.25, -0.2) is 0 Å². The lowest BCUT2D eigenvalue weighted by Crippen LogP contribution is -2.41. The van der Waals surface area contributed by atoms with E-state index in [9.17, 15) is 5.11 Å². The molecule has 2 unspecified atom stereocenters. The van der Waals surface area contributed by atoms with Crippen molar-refractivity contribution in [3.63, 3.8) is 0 Å². The van der Waals surface area contributed by atoms with E-state index in [2.05, 4.69) is 13.8 Å². The Kier molecular flexibility index (Phi) is 3.82.